The average molecular weight is 338 g/mol. The molecule has 126 valence electrons. The zero-order valence-electron chi connectivity index (χ0n) is 13.8. The fraction of sp³-hybridized carbons (Fsp3) is 0.353. The Hall–Kier alpha value is -1.98. The second-order valence-corrected chi connectivity index (χ2v) is 5.22. The lowest BCUT2D eigenvalue weighted by Gasteiger charge is -2.11. The van der Waals surface area contributed by atoms with E-state index in [1.54, 1.807) is 7.11 Å². The Labute approximate surface area is 143 Å². The Bertz CT molecular complexity index is 651. The van der Waals surface area contributed by atoms with Crippen LogP contribution in [0, 0.1) is 13.8 Å². The van der Waals surface area contributed by atoms with Crippen LogP contribution >= 0.6 is 12.4 Å². The molecule has 0 radical (unpaired) electrons. The van der Waals surface area contributed by atoms with E-state index in [4.69, 9.17) is 10.5 Å². The van der Waals surface area contributed by atoms with E-state index in [0.717, 1.165) is 29.2 Å². The molecule has 23 heavy (non-hydrogen) atoms. The summed E-state index contributed by atoms with van der Waals surface area (Å²) in [7, 11) is 1.64. The maximum atomic E-state index is 12.3. The fourth-order valence-corrected chi connectivity index (χ4v) is 2.52. The van der Waals surface area contributed by atoms with Gasteiger partial charge in [-0.2, -0.15) is 0 Å². The van der Waals surface area contributed by atoms with E-state index in [2.05, 4.69) is 9.88 Å². The highest BCUT2D eigenvalue weighted by molar-refractivity contribution is 5.95. The van der Waals surface area contributed by atoms with E-state index >= 15 is 0 Å². The SMILES string of the molecule is COc1ccc(-n2c(C)cc(C(=O)NCCCN)c2C)cc1.Cl. The van der Waals surface area contributed by atoms with Gasteiger partial charge in [0.15, 0.2) is 0 Å². The summed E-state index contributed by atoms with van der Waals surface area (Å²) in [6.45, 7) is 5.12. The van der Waals surface area contributed by atoms with Crippen LogP contribution in [0.1, 0.15) is 28.2 Å². The summed E-state index contributed by atoms with van der Waals surface area (Å²) in [4.78, 5) is 12.3. The molecule has 1 aromatic heterocycles. The predicted octanol–water partition coefficient (Wildman–Crippen LogP) is 2.60. The van der Waals surface area contributed by atoms with Gasteiger partial charge in [-0.1, -0.05) is 0 Å². The van der Waals surface area contributed by atoms with Crippen LogP contribution in [0.15, 0.2) is 30.3 Å². The van der Waals surface area contributed by atoms with Crippen molar-refractivity contribution in [2.45, 2.75) is 20.3 Å². The molecule has 6 heteroatoms. The summed E-state index contributed by atoms with van der Waals surface area (Å²) in [6, 6.07) is 9.70. The van der Waals surface area contributed by atoms with Gasteiger partial charge in [0, 0.05) is 23.6 Å². The molecule has 0 aliphatic heterocycles. The summed E-state index contributed by atoms with van der Waals surface area (Å²) < 4.78 is 7.25. The molecule has 0 saturated heterocycles. The third-order valence-corrected chi connectivity index (χ3v) is 3.67. The van der Waals surface area contributed by atoms with Crippen molar-refractivity contribution in [2.75, 3.05) is 20.2 Å². The first-order valence-corrected chi connectivity index (χ1v) is 7.40. The van der Waals surface area contributed by atoms with E-state index < -0.39 is 0 Å². The molecule has 1 aromatic carbocycles. The molecule has 0 bridgehead atoms. The van der Waals surface area contributed by atoms with E-state index in [9.17, 15) is 4.79 Å². The van der Waals surface area contributed by atoms with Gasteiger partial charge in [-0.15, -0.1) is 12.4 Å². The molecule has 0 unspecified atom stereocenters. The fourth-order valence-electron chi connectivity index (χ4n) is 2.52. The number of nitrogens with zero attached hydrogens (tertiary/aromatic N) is 1. The molecule has 2 rings (SSSR count). The number of benzene rings is 1. The van der Waals surface area contributed by atoms with Crippen LogP contribution < -0.4 is 15.8 Å². The van der Waals surface area contributed by atoms with Crippen molar-refractivity contribution in [1.82, 2.24) is 9.88 Å². The van der Waals surface area contributed by atoms with Gasteiger partial charge < -0.3 is 20.4 Å². The van der Waals surface area contributed by atoms with Crippen LogP contribution in [0.5, 0.6) is 5.75 Å². The molecule has 0 spiro atoms. The zero-order valence-corrected chi connectivity index (χ0v) is 14.6. The lowest BCUT2D eigenvalue weighted by Crippen LogP contribution is -2.26. The van der Waals surface area contributed by atoms with Crippen molar-refractivity contribution in [1.29, 1.82) is 0 Å². The van der Waals surface area contributed by atoms with Gasteiger partial charge in [-0.3, -0.25) is 4.79 Å². The van der Waals surface area contributed by atoms with Crippen molar-refractivity contribution < 1.29 is 9.53 Å². The molecular formula is C17H24ClN3O2. The van der Waals surface area contributed by atoms with Crippen LogP contribution in [0.25, 0.3) is 5.69 Å². The average Bonchev–Trinajstić information content (AvgIpc) is 2.82. The number of hydrogen-bond acceptors (Lipinski definition) is 3. The van der Waals surface area contributed by atoms with Crippen LogP contribution in [0.2, 0.25) is 0 Å². The first-order chi connectivity index (χ1) is 10.6. The highest BCUT2D eigenvalue weighted by Crippen LogP contribution is 2.22. The molecule has 0 aliphatic carbocycles. The number of aryl methyl sites for hydroxylation is 1. The molecule has 0 aliphatic rings. The molecule has 1 amide bonds. The maximum absolute atomic E-state index is 12.3. The first kappa shape index (κ1) is 19.1. The first-order valence-electron chi connectivity index (χ1n) is 7.40. The van der Waals surface area contributed by atoms with Crippen LogP contribution in [-0.2, 0) is 0 Å². The summed E-state index contributed by atoms with van der Waals surface area (Å²) in [5, 5.41) is 2.90. The maximum Gasteiger partial charge on any atom is 0.253 e. The topological polar surface area (TPSA) is 69.3 Å². The van der Waals surface area contributed by atoms with Crippen LogP contribution in [0.4, 0.5) is 0 Å². The Morgan fingerprint density at radius 2 is 1.91 bits per heavy atom. The minimum atomic E-state index is -0.0543. The lowest BCUT2D eigenvalue weighted by atomic mass is 10.2. The minimum absolute atomic E-state index is 0. The summed E-state index contributed by atoms with van der Waals surface area (Å²) in [5.74, 6) is 0.757. The molecule has 2 aromatic rings. The van der Waals surface area contributed by atoms with Gasteiger partial charge in [0.1, 0.15) is 5.75 Å². The Kier molecular flexibility index (Phi) is 7.13. The van der Waals surface area contributed by atoms with Crippen LogP contribution in [0.3, 0.4) is 0 Å². The Morgan fingerprint density at radius 1 is 1.26 bits per heavy atom. The number of methoxy groups -OCH3 is 1. The lowest BCUT2D eigenvalue weighted by molar-refractivity contribution is 0.0953. The van der Waals surface area contributed by atoms with E-state index in [1.807, 2.05) is 44.2 Å². The van der Waals surface area contributed by atoms with Gasteiger partial charge in [-0.25, -0.2) is 0 Å². The number of nitrogens with two attached hydrogens (primary N) is 1. The Morgan fingerprint density at radius 3 is 2.48 bits per heavy atom. The minimum Gasteiger partial charge on any atom is -0.497 e. The monoisotopic (exact) mass is 337 g/mol. The van der Waals surface area contributed by atoms with E-state index in [-0.39, 0.29) is 18.3 Å². The number of carbonyl (C=O) groups excluding carboxylic acids is 1. The molecule has 0 atom stereocenters. The standard InChI is InChI=1S/C17H23N3O2.ClH/c1-12-11-16(17(21)19-10-4-9-18)13(2)20(12)14-5-7-15(22-3)8-6-14;/h5-8,11H,4,9-10,18H2,1-3H3,(H,19,21);1H. The van der Waals surface area contributed by atoms with Gasteiger partial charge in [0.25, 0.3) is 5.91 Å². The highest BCUT2D eigenvalue weighted by atomic mass is 35.5. The van der Waals surface area contributed by atoms with Gasteiger partial charge in [0.2, 0.25) is 0 Å². The van der Waals surface area contributed by atoms with Crippen LogP contribution in [-0.4, -0.2) is 30.7 Å². The van der Waals surface area contributed by atoms with E-state index in [1.165, 1.54) is 0 Å². The molecule has 0 saturated carbocycles. The van der Waals surface area contributed by atoms with Crippen molar-refractivity contribution in [3.05, 3.63) is 47.3 Å². The molecule has 0 fully saturated rings. The second kappa shape index (κ2) is 8.60. The quantitative estimate of drug-likeness (QED) is 0.796. The van der Waals surface area contributed by atoms with Gasteiger partial charge in [0.05, 0.1) is 12.7 Å². The second-order valence-electron chi connectivity index (χ2n) is 5.22. The number of halogens is 1. The number of aromatic nitrogens is 1. The third-order valence-electron chi connectivity index (χ3n) is 3.67. The number of ether oxygens (including phenoxy) is 1. The third kappa shape index (κ3) is 4.27. The number of hydrogen-bond donors (Lipinski definition) is 2. The Balaban J connectivity index is 0.00000264. The molecule has 1 heterocycles. The van der Waals surface area contributed by atoms with Gasteiger partial charge >= 0.3 is 0 Å². The normalized spacial score (nSPS) is 10.1. The summed E-state index contributed by atoms with van der Waals surface area (Å²) in [6.07, 6.45) is 0.781. The summed E-state index contributed by atoms with van der Waals surface area (Å²) in [5.41, 5.74) is 9.10. The van der Waals surface area contributed by atoms with Crippen molar-refractivity contribution in [2.24, 2.45) is 5.73 Å². The predicted molar refractivity (Wildman–Crippen MR) is 95.0 cm³/mol. The summed E-state index contributed by atoms with van der Waals surface area (Å²) >= 11 is 0. The number of rotatable bonds is 6. The van der Waals surface area contributed by atoms with Crippen molar-refractivity contribution in [3.8, 4) is 11.4 Å². The molecular weight excluding hydrogens is 314 g/mol. The largest absolute Gasteiger partial charge is 0.497 e. The zero-order chi connectivity index (χ0) is 16.1. The highest BCUT2D eigenvalue weighted by Gasteiger charge is 2.16. The number of amides is 1. The number of carbonyl (C=O) groups is 1. The van der Waals surface area contributed by atoms with Crippen molar-refractivity contribution in [3.63, 3.8) is 0 Å². The molecule has 5 nitrogen and oxygen atoms in total. The smallest absolute Gasteiger partial charge is 0.253 e. The molecule has 3 N–H and O–H groups in total. The van der Waals surface area contributed by atoms with Crippen molar-refractivity contribution >= 4 is 18.3 Å². The van der Waals surface area contributed by atoms with E-state index in [0.29, 0.717) is 18.7 Å². The van der Waals surface area contributed by atoms with Gasteiger partial charge in [-0.05, 0) is 57.1 Å². The number of nitrogens with one attached hydrogen (secondary N) is 1.